The van der Waals surface area contributed by atoms with Crippen LogP contribution in [0.4, 0.5) is 0 Å². The second kappa shape index (κ2) is 4.20. The second-order valence-corrected chi connectivity index (χ2v) is 3.30. The van der Waals surface area contributed by atoms with E-state index in [0.717, 1.165) is 18.8 Å². The lowest BCUT2D eigenvalue weighted by Gasteiger charge is -2.02. The van der Waals surface area contributed by atoms with Gasteiger partial charge >= 0.3 is 0 Å². The summed E-state index contributed by atoms with van der Waals surface area (Å²) in [5.74, 6) is 0. The molecule has 0 spiro atoms. The number of nitrogens with one attached hydrogen (secondary N) is 1. The maximum absolute atomic E-state index is 4.38. The lowest BCUT2D eigenvalue weighted by Crippen LogP contribution is -2.12. The van der Waals surface area contributed by atoms with Gasteiger partial charge in [0.2, 0.25) is 0 Å². The fraction of sp³-hybridized carbons (Fsp3) is 0.250. The van der Waals surface area contributed by atoms with E-state index in [-0.39, 0.29) is 0 Å². The number of pyridine rings is 1. The van der Waals surface area contributed by atoms with Gasteiger partial charge in [-0.3, -0.25) is 4.98 Å². The summed E-state index contributed by atoms with van der Waals surface area (Å²) in [6.07, 6.45) is 1.93. The molecule has 0 saturated heterocycles. The Bertz CT molecular complexity index is 423. The van der Waals surface area contributed by atoms with Gasteiger partial charge < -0.3 is 5.32 Å². The molecule has 0 aliphatic heterocycles. The Kier molecular flexibility index (Phi) is 2.75. The fourth-order valence-corrected chi connectivity index (χ4v) is 1.48. The number of fused-ring (bicyclic) bond motifs is 1. The first-order valence-electron chi connectivity index (χ1n) is 4.94. The molecule has 0 saturated carbocycles. The maximum atomic E-state index is 4.38. The number of hydrogen-bond acceptors (Lipinski definition) is 2. The van der Waals surface area contributed by atoms with Crippen molar-refractivity contribution in [1.82, 2.24) is 10.3 Å². The molecular weight excluding hydrogens is 172 g/mol. The molecule has 2 nitrogen and oxygen atoms in total. The second-order valence-electron chi connectivity index (χ2n) is 3.30. The van der Waals surface area contributed by atoms with Crippen LogP contribution < -0.4 is 5.32 Å². The minimum Gasteiger partial charge on any atom is -0.311 e. The number of benzene rings is 1. The molecule has 0 unspecified atom stereocenters. The molecule has 1 heterocycles. The predicted molar refractivity (Wildman–Crippen MR) is 59.1 cm³/mol. The number of aromatic nitrogens is 1. The summed E-state index contributed by atoms with van der Waals surface area (Å²) in [6.45, 7) is 3.93. The van der Waals surface area contributed by atoms with Gasteiger partial charge in [-0.1, -0.05) is 31.2 Å². The normalized spacial score (nSPS) is 10.6. The summed E-state index contributed by atoms with van der Waals surface area (Å²) >= 11 is 0. The van der Waals surface area contributed by atoms with Gasteiger partial charge in [0.25, 0.3) is 0 Å². The highest BCUT2D eigenvalue weighted by Gasteiger charge is 1.95. The molecule has 1 N–H and O–H groups in total. The van der Waals surface area contributed by atoms with Crippen LogP contribution in [0.3, 0.4) is 0 Å². The van der Waals surface area contributed by atoms with E-state index in [1.54, 1.807) is 0 Å². The van der Waals surface area contributed by atoms with E-state index in [9.17, 15) is 0 Å². The van der Waals surface area contributed by atoms with E-state index in [4.69, 9.17) is 0 Å². The van der Waals surface area contributed by atoms with Gasteiger partial charge in [-0.15, -0.1) is 0 Å². The molecule has 2 aromatic rings. The van der Waals surface area contributed by atoms with Crippen molar-refractivity contribution in [3.05, 3.63) is 42.2 Å². The van der Waals surface area contributed by atoms with Gasteiger partial charge in [0.15, 0.2) is 0 Å². The zero-order valence-electron chi connectivity index (χ0n) is 8.33. The summed E-state index contributed by atoms with van der Waals surface area (Å²) in [5, 5.41) is 5.73. The topological polar surface area (TPSA) is 24.9 Å². The van der Waals surface area contributed by atoms with Crippen molar-refractivity contribution in [1.29, 1.82) is 0 Å². The third-order valence-electron chi connectivity index (χ3n) is 2.24. The van der Waals surface area contributed by atoms with E-state index in [1.807, 2.05) is 12.3 Å². The Labute approximate surface area is 84.0 Å². The van der Waals surface area contributed by atoms with Crippen molar-refractivity contribution in [2.45, 2.75) is 13.5 Å². The van der Waals surface area contributed by atoms with Crippen molar-refractivity contribution in [3.63, 3.8) is 0 Å². The summed E-state index contributed by atoms with van der Waals surface area (Å²) in [5.41, 5.74) is 1.10. The Morgan fingerprint density at radius 1 is 1.21 bits per heavy atom. The molecule has 1 aromatic carbocycles. The molecule has 2 heteroatoms. The molecular formula is C12H14N2. The minimum absolute atomic E-state index is 0.849. The molecule has 0 aliphatic carbocycles. The highest BCUT2D eigenvalue weighted by atomic mass is 14.9. The zero-order chi connectivity index (χ0) is 9.80. The van der Waals surface area contributed by atoms with Gasteiger partial charge in [-0.25, -0.2) is 0 Å². The summed E-state index contributed by atoms with van der Waals surface area (Å²) in [4.78, 5) is 4.38. The van der Waals surface area contributed by atoms with Crippen LogP contribution in [0, 0.1) is 0 Å². The average molecular weight is 186 g/mol. The molecule has 0 radical (unpaired) electrons. The van der Waals surface area contributed by atoms with Crippen LogP contribution >= 0.6 is 0 Å². The van der Waals surface area contributed by atoms with Crippen LogP contribution in [0.5, 0.6) is 0 Å². The maximum Gasteiger partial charge on any atom is 0.0548 e. The molecule has 0 atom stereocenters. The quantitative estimate of drug-likeness (QED) is 0.795. The number of rotatable bonds is 3. The third kappa shape index (κ3) is 1.91. The van der Waals surface area contributed by atoms with E-state index in [1.165, 1.54) is 10.8 Å². The van der Waals surface area contributed by atoms with Crippen LogP contribution in [-0.2, 0) is 6.54 Å². The zero-order valence-corrected chi connectivity index (χ0v) is 8.33. The highest BCUT2D eigenvalue weighted by Crippen LogP contribution is 2.12. The first-order valence-corrected chi connectivity index (χ1v) is 4.94. The van der Waals surface area contributed by atoms with E-state index < -0.39 is 0 Å². The van der Waals surface area contributed by atoms with E-state index in [0.29, 0.717) is 0 Å². The third-order valence-corrected chi connectivity index (χ3v) is 2.24. The lowest BCUT2D eigenvalue weighted by atomic mass is 10.1. The molecule has 0 aliphatic rings. The van der Waals surface area contributed by atoms with Gasteiger partial charge in [0.05, 0.1) is 5.69 Å². The van der Waals surface area contributed by atoms with Gasteiger partial charge in [0, 0.05) is 18.1 Å². The van der Waals surface area contributed by atoms with Gasteiger partial charge in [-0.05, 0) is 18.0 Å². The number of nitrogens with zero attached hydrogens (tertiary/aromatic N) is 1. The molecule has 0 amide bonds. The molecule has 14 heavy (non-hydrogen) atoms. The Morgan fingerprint density at radius 3 is 2.79 bits per heavy atom. The smallest absolute Gasteiger partial charge is 0.0548 e. The monoisotopic (exact) mass is 186 g/mol. The Balaban J connectivity index is 2.32. The van der Waals surface area contributed by atoms with Crippen LogP contribution in [0.2, 0.25) is 0 Å². The summed E-state index contributed by atoms with van der Waals surface area (Å²) in [7, 11) is 0. The van der Waals surface area contributed by atoms with E-state index in [2.05, 4.69) is 41.5 Å². The van der Waals surface area contributed by atoms with Gasteiger partial charge in [0.1, 0.15) is 0 Å². The molecule has 2 rings (SSSR count). The SMILES string of the molecule is CCNCc1cc2ccccc2cn1. The molecule has 1 aromatic heterocycles. The number of hydrogen-bond donors (Lipinski definition) is 1. The Morgan fingerprint density at radius 2 is 2.00 bits per heavy atom. The molecule has 0 fully saturated rings. The largest absolute Gasteiger partial charge is 0.311 e. The average Bonchev–Trinajstić information content (AvgIpc) is 2.26. The van der Waals surface area contributed by atoms with Crippen LogP contribution in [0.1, 0.15) is 12.6 Å². The molecule has 0 bridgehead atoms. The van der Waals surface area contributed by atoms with Gasteiger partial charge in [-0.2, -0.15) is 0 Å². The van der Waals surface area contributed by atoms with Crippen molar-refractivity contribution < 1.29 is 0 Å². The summed E-state index contributed by atoms with van der Waals surface area (Å²) < 4.78 is 0. The van der Waals surface area contributed by atoms with Crippen LogP contribution in [0.25, 0.3) is 10.8 Å². The highest BCUT2D eigenvalue weighted by molar-refractivity contribution is 5.81. The lowest BCUT2D eigenvalue weighted by molar-refractivity contribution is 0.712. The molecule has 72 valence electrons. The minimum atomic E-state index is 0.849. The first kappa shape index (κ1) is 9.16. The standard InChI is InChI=1S/C12H14N2/c1-2-13-9-12-7-10-5-3-4-6-11(10)8-14-12/h3-8,13H,2,9H2,1H3. The van der Waals surface area contributed by atoms with E-state index >= 15 is 0 Å². The van der Waals surface area contributed by atoms with Crippen molar-refractivity contribution >= 4 is 10.8 Å². The Hall–Kier alpha value is -1.41. The fourth-order valence-electron chi connectivity index (χ4n) is 1.48. The predicted octanol–water partition coefficient (Wildman–Crippen LogP) is 2.34. The van der Waals surface area contributed by atoms with Crippen molar-refractivity contribution in [3.8, 4) is 0 Å². The van der Waals surface area contributed by atoms with Crippen molar-refractivity contribution in [2.75, 3.05) is 6.54 Å². The van der Waals surface area contributed by atoms with Crippen LogP contribution in [-0.4, -0.2) is 11.5 Å². The van der Waals surface area contributed by atoms with Crippen LogP contribution in [0.15, 0.2) is 36.5 Å². The summed E-state index contributed by atoms with van der Waals surface area (Å²) in [6, 6.07) is 10.4. The first-order chi connectivity index (χ1) is 6.90. The van der Waals surface area contributed by atoms with Crippen molar-refractivity contribution in [2.24, 2.45) is 0 Å².